The molecule has 2 aliphatic rings. The van der Waals surface area contributed by atoms with Gasteiger partial charge in [0.25, 0.3) is 5.91 Å². The number of rotatable bonds is 6. The molecule has 0 bridgehead atoms. The highest BCUT2D eigenvalue weighted by Gasteiger charge is 2.55. The molecular weight excluding hydrogens is 364 g/mol. The second-order valence-corrected chi connectivity index (χ2v) is 8.57. The van der Waals surface area contributed by atoms with Gasteiger partial charge in [0.05, 0.1) is 6.26 Å². The zero-order valence-electron chi connectivity index (χ0n) is 17.1. The van der Waals surface area contributed by atoms with Gasteiger partial charge in [-0.1, -0.05) is 55.5 Å². The average Bonchev–Trinajstić information content (AvgIpc) is 3.49. The zero-order chi connectivity index (χ0) is 20.4. The van der Waals surface area contributed by atoms with Crippen molar-refractivity contribution in [2.45, 2.75) is 69.9 Å². The van der Waals surface area contributed by atoms with Crippen molar-refractivity contribution in [1.82, 2.24) is 4.90 Å². The number of furan rings is 1. The first-order valence-electron chi connectivity index (χ1n) is 10.8. The summed E-state index contributed by atoms with van der Waals surface area (Å²) in [5.41, 5.74) is 7.01. The minimum Gasteiger partial charge on any atom is -0.459 e. The van der Waals surface area contributed by atoms with Crippen LogP contribution in [0.2, 0.25) is 0 Å². The van der Waals surface area contributed by atoms with E-state index in [2.05, 4.69) is 0 Å². The summed E-state index contributed by atoms with van der Waals surface area (Å²) in [4.78, 5) is 29.0. The van der Waals surface area contributed by atoms with Crippen molar-refractivity contribution < 1.29 is 14.0 Å². The van der Waals surface area contributed by atoms with Crippen LogP contribution in [0.3, 0.4) is 0 Å². The fourth-order valence-electron chi connectivity index (χ4n) is 5.48. The lowest BCUT2D eigenvalue weighted by Crippen LogP contribution is -2.63. The van der Waals surface area contributed by atoms with E-state index < -0.39 is 11.4 Å². The van der Waals surface area contributed by atoms with E-state index in [1.165, 1.54) is 6.26 Å². The monoisotopic (exact) mass is 394 g/mol. The quantitative estimate of drug-likeness (QED) is 0.781. The zero-order valence-corrected chi connectivity index (χ0v) is 17.1. The summed E-state index contributed by atoms with van der Waals surface area (Å²) in [6, 6.07) is 11.4. The van der Waals surface area contributed by atoms with Crippen LogP contribution in [-0.4, -0.2) is 22.8 Å². The van der Waals surface area contributed by atoms with E-state index in [9.17, 15) is 9.59 Å². The van der Waals surface area contributed by atoms with Gasteiger partial charge in [-0.2, -0.15) is 0 Å². The van der Waals surface area contributed by atoms with Gasteiger partial charge in [-0.15, -0.1) is 0 Å². The lowest BCUT2D eigenvalue weighted by atomic mass is 9.73. The van der Waals surface area contributed by atoms with E-state index >= 15 is 0 Å². The number of nitrogens with two attached hydrogens (primary N) is 1. The highest BCUT2D eigenvalue weighted by Crippen LogP contribution is 2.48. The number of amides is 2. The van der Waals surface area contributed by atoms with Crippen LogP contribution in [0.4, 0.5) is 0 Å². The third-order valence-electron chi connectivity index (χ3n) is 6.83. The lowest BCUT2D eigenvalue weighted by Gasteiger charge is -2.48. The molecule has 2 fully saturated rings. The Kier molecular flexibility index (Phi) is 5.48. The van der Waals surface area contributed by atoms with E-state index in [4.69, 9.17) is 10.2 Å². The molecule has 1 aromatic carbocycles. The summed E-state index contributed by atoms with van der Waals surface area (Å²) in [5, 5.41) is 0. The van der Waals surface area contributed by atoms with Crippen molar-refractivity contribution in [3.8, 4) is 0 Å². The minimum atomic E-state index is -1.15. The maximum atomic E-state index is 13.8. The molecule has 4 rings (SSSR count). The van der Waals surface area contributed by atoms with Crippen LogP contribution in [0.15, 0.2) is 47.1 Å². The topological polar surface area (TPSA) is 76.5 Å². The molecule has 2 aliphatic carbocycles. The molecule has 0 saturated heterocycles. The first-order valence-corrected chi connectivity index (χ1v) is 10.8. The molecule has 1 unspecified atom stereocenters. The fourth-order valence-corrected chi connectivity index (χ4v) is 5.48. The molecule has 1 atom stereocenters. The molecule has 0 spiro atoms. The molecule has 1 heterocycles. The Labute approximate surface area is 172 Å². The Morgan fingerprint density at radius 2 is 1.62 bits per heavy atom. The average molecular weight is 395 g/mol. The predicted octanol–water partition coefficient (Wildman–Crippen LogP) is 4.54. The predicted molar refractivity (Wildman–Crippen MR) is 111 cm³/mol. The molecule has 0 aliphatic heterocycles. The Bertz CT molecular complexity index is 847. The van der Waals surface area contributed by atoms with Gasteiger partial charge in [0.2, 0.25) is 5.91 Å². The highest BCUT2D eigenvalue weighted by atomic mass is 16.3. The number of hydrogen-bond donors (Lipinski definition) is 1. The number of carbonyl (C=O) groups excluding carboxylic acids is 2. The second-order valence-electron chi connectivity index (χ2n) is 8.57. The Hall–Kier alpha value is -2.56. The van der Waals surface area contributed by atoms with Gasteiger partial charge >= 0.3 is 0 Å². The van der Waals surface area contributed by atoms with Crippen molar-refractivity contribution in [3.05, 3.63) is 59.5 Å². The smallest absolute Gasteiger partial charge is 0.290 e. The molecule has 2 amide bonds. The largest absolute Gasteiger partial charge is 0.459 e. The van der Waals surface area contributed by atoms with Crippen LogP contribution >= 0.6 is 0 Å². The molecular formula is C24H30N2O3. The number of nitrogens with zero attached hydrogens (tertiary/aromatic N) is 1. The minimum absolute atomic E-state index is 0.0120. The van der Waals surface area contributed by atoms with Crippen molar-refractivity contribution in [2.75, 3.05) is 0 Å². The molecule has 2 aromatic rings. The highest BCUT2D eigenvalue weighted by molar-refractivity contribution is 5.98. The Morgan fingerprint density at radius 3 is 2.17 bits per heavy atom. The molecule has 5 nitrogen and oxygen atoms in total. The van der Waals surface area contributed by atoms with Gasteiger partial charge in [-0.05, 0) is 56.2 Å². The third-order valence-corrected chi connectivity index (χ3v) is 6.83. The van der Waals surface area contributed by atoms with E-state index in [1.807, 2.05) is 36.1 Å². The number of hydrogen-bond acceptors (Lipinski definition) is 3. The Morgan fingerprint density at radius 1 is 1.00 bits per heavy atom. The van der Waals surface area contributed by atoms with E-state index in [1.54, 1.807) is 12.1 Å². The van der Waals surface area contributed by atoms with Crippen LogP contribution in [-0.2, 0) is 10.3 Å². The van der Waals surface area contributed by atoms with Crippen LogP contribution < -0.4 is 5.73 Å². The summed E-state index contributed by atoms with van der Waals surface area (Å²) in [6.07, 6.45) is 9.29. The molecule has 29 heavy (non-hydrogen) atoms. The van der Waals surface area contributed by atoms with Crippen LogP contribution in [0.5, 0.6) is 0 Å². The van der Waals surface area contributed by atoms with Gasteiger partial charge in [0.15, 0.2) is 5.76 Å². The number of carbonyl (C=O) groups is 2. The van der Waals surface area contributed by atoms with Crippen molar-refractivity contribution in [2.24, 2.45) is 11.7 Å². The first kappa shape index (κ1) is 19.7. The third kappa shape index (κ3) is 3.37. The SMILES string of the molecule is Cc1ccc(C(C(N)=O)(C2CCCC2)N(C(=O)c2ccco2)C2CCCC2)cc1. The van der Waals surface area contributed by atoms with Crippen LogP contribution in [0, 0.1) is 12.8 Å². The first-order chi connectivity index (χ1) is 14.0. The molecule has 2 saturated carbocycles. The summed E-state index contributed by atoms with van der Waals surface area (Å²) < 4.78 is 5.49. The maximum Gasteiger partial charge on any atom is 0.290 e. The lowest BCUT2D eigenvalue weighted by molar-refractivity contribution is -0.135. The van der Waals surface area contributed by atoms with Crippen LogP contribution in [0.1, 0.15) is 73.0 Å². The second kappa shape index (κ2) is 8.05. The van der Waals surface area contributed by atoms with Gasteiger partial charge in [0.1, 0.15) is 5.54 Å². The number of benzene rings is 1. The van der Waals surface area contributed by atoms with E-state index in [-0.39, 0.29) is 23.6 Å². The number of aryl methyl sites for hydroxylation is 1. The molecule has 5 heteroatoms. The summed E-state index contributed by atoms with van der Waals surface area (Å²) in [7, 11) is 0. The maximum absolute atomic E-state index is 13.8. The van der Waals surface area contributed by atoms with Crippen molar-refractivity contribution >= 4 is 11.8 Å². The van der Waals surface area contributed by atoms with Crippen molar-refractivity contribution in [3.63, 3.8) is 0 Å². The Balaban J connectivity index is 1.93. The van der Waals surface area contributed by atoms with Gasteiger partial charge in [-0.3, -0.25) is 9.59 Å². The summed E-state index contributed by atoms with van der Waals surface area (Å²) in [5.74, 6) is -0.372. The van der Waals surface area contributed by atoms with Gasteiger partial charge in [-0.25, -0.2) is 0 Å². The molecule has 1 aromatic heterocycles. The number of primary amides is 1. The standard InChI is InChI=1S/C24H30N2O3/c1-17-12-14-19(15-13-17)24(23(25)28,18-7-2-3-8-18)26(20-9-4-5-10-20)22(27)21-11-6-16-29-21/h6,11-16,18,20H,2-5,7-10H2,1H3,(H2,25,28). The summed E-state index contributed by atoms with van der Waals surface area (Å²) >= 11 is 0. The van der Waals surface area contributed by atoms with E-state index in [0.717, 1.165) is 62.5 Å². The van der Waals surface area contributed by atoms with E-state index in [0.29, 0.717) is 0 Å². The molecule has 0 radical (unpaired) electrons. The van der Waals surface area contributed by atoms with Crippen LogP contribution in [0.25, 0.3) is 0 Å². The molecule has 2 N–H and O–H groups in total. The normalized spacial score (nSPS) is 19.9. The molecule has 154 valence electrons. The van der Waals surface area contributed by atoms with Gasteiger partial charge in [0, 0.05) is 6.04 Å². The fraction of sp³-hybridized carbons (Fsp3) is 0.500. The van der Waals surface area contributed by atoms with Gasteiger partial charge < -0.3 is 15.1 Å². The van der Waals surface area contributed by atoms with Crippen molar-refractivity contribution in [1.29, 1.82) is 0 Å². The summed E-state index contributed by atoms with van der Waals surface area (Å²) in [6.45, 7) is 2.02.